The third-order valence-electron chi connectivity index (χ3n) is 3.10. The standard InChI is InChI=1S/C16H19ClN2O/c1-4-7-13-15(17)18-10-19-16(13)20-14-9-6-5-8-12(14)11(2)3/h5-6,8-11H,4,7H2,1-3H3. The molecule has 2 aromatic rings. The maximum atomic E-state index is 6.15. The highest BCUT2D eigenvalue weighted by molar-refractivity contribution is 6.30. The van der Waals surface area contributed by atoms with Gasteiger partial charge in [-0.3, -0.25) is 0 Å². The predicted octanol–water partition coefficient (Wildman–Crippen LogP) is 5.00. The van der Waals surface area contributed by atoms with E-state index >= 15 is 0 Å². The first kappa shape index (κ1) is 14.8. The monoisotopic (exact) mass is 290 g/mol. The Bertz CT molecular complexity index is 584. The molecule has 0 bridgehead atoms. The molecule has 2 rings (SSSR count). The Labute approximate surface area is 125 Å². The number of nitrogens with zero attached hydrogens (tertiary/aromatic N) is 2. The van der Waals surface area contributed by atoms with Gasteiger partial charge >= 0.3 is 0 Å². The van der Waals surface area contributed by atoms with Gasteiger partial charge in [0.25, 0.3) is 0 Å². The van der Waals surface area contributed by atoms with Gasteiger partial charge in [-0.15, -0.1) is 0 Å². The highest BCUT2D eigenvalue weighted by Gasteiger charge is 2.14. The molecule has 20 heavy (non-hydrogen) atoms. The van der Waals surface area contributed by atoms with Crippen LogP contribution in [0, 0.1) is 0 Å². The number of rotatable bonds is 5. The molecule has 3 nitrogen and oxygen atoms in total. The van der Waals surface area contributed by atoms with Gasteiger partial charge in [0.1, 0.15) is 17.2 Å². The molecule has 1 aromatic heterocycles. The molecule has 4 heteroatoms. The molecule has 0 aliphatic carbocycles. The van der Waals surface area contributed by atoms with Gasteiger partial charge in [-0.05, 0) is 24.0 Å². The quantitative estimate of drug-likeness (QED) is 0.727. The summed E-state index contributed by atoms with van der Waals surface area (Å²) in [5.74, 6) is 1.77. The van der Waals surface area contributed by atoms with Gasteiger partial charge in [0.05, 0.1) is 5.56 Å². The molecule has 0 aliphatic heterocycles. The highest BCUT2D eigenvalue weighted by atomic mass is 35.5. The molecule has 1 aromatic carbocycles. The fourth-order valence-corrected chi connectivity index (χ4v) is 2.30. The van der Waals surface area contributed by atoms with Gasteiger partial charge in [0, 0.05) is 0 Å². The van der Waals surface area contributed by atoms with Crippen LogP contribution in [-0.4, -0.2) is 9.97 Å². The van der Waals surface area contributed by atoms with Crippen LogP contribution in [0.15, 0.2) is 30.6 Å². The summed E-state index contributed by atoms with van der Waals surface area (Å²) in [7, 11) is 0. The Kier molecular flexibility index (Phi) is 4.96. The number of hydrogen-bond donors (Lipinski definition) is 0. The fraction of sp³-hybridized carbons (Fsp3) is 0.375. The zero-order valence-corrected chi connectivity index (χ0v) is 12.8. The van der Waals surface area contributed by atoms with E-state index in [2.05, 4.69) is 36.8 Å². The number of halogens is 1. The average molecular weight is 291 g/mol. The largest absolute Gasteiger partial charge is 0.438 e. The van der Waals surface area contributed by atoms with Crippen molar-refractivity contribution in [3.05, 3.63) is 46.9 Å². The van der Waals surface area contributed by atoms with Gasteiger partial charge in [-0.2, -0.15) is 0 Å². The number of hydrogen-bond acceptors (Lipinski definition) is 3. The van der Waals surface area contributed by atoms with Crippen LogP contribution in [0.1, 0.15) is 44.2 Å². The van der Waals surface area contributed by atoms with Crippen molar-refractivity contribution >= 4 is 11.6 Å². The van der Waals surface area contributed by atoms with E-state index in [1.54, 1.807) is 0 Å². The Morgan fingerprint density at radius 3 is 2.65 bits per heavy atom. The lowest BCUT2D eigenvalue weighted by Gasteiger charge is -2.15. The van der Waals surface area contributed by atoms with Crippen LogP contribution in [0.2, 0.25) is 5.15 Å². The van der Waals surface area contributed by atoms with Gasteiger partial charge < -0.3 is 4.74 Å². The summed E-state index contributed by atoms with van der Waals surface area (Å²) >= 11 is 6.15. The lowest BCUT2D eigenvalue weighted by atomic mass is 10.0. The Balaban J connectivity index is 2.38. The van der Waals surface area contributed by atoms with E-state index in [4.69, 9.17) is 16.3 Å². The molecule has 106 valence electrons. The second kappa shape index (κ2) is 6.71. The van der Waals surface area contributed by atoms with Crippen molar-refractivity contribution < 1.29 is 4.74 Å². The first-order valence-electron chi connectivity index (χ1n) is 6.89. The topological polar surface area (TPSA) is 35.0 Å². The second-order valence-corrected chi connectivity index (χ2v) is 5.35. The molecule has 0 spiro atoms. The maximum Gasteiger partial charge on any atom is 0.227 e. The minimum absolute atomic E-state index is 0.387. The minimum Gasteiger partial charge on any atom is -0.438 e. The zero-order chi connectivity index (χ0) is 14.5. The molecule has 0 unspecified atom stereocenters. The van der Waals surface area contributed by atoms with Crippen LogP contribution in [0.25, 0.3) is 0 Å². The van der Waals surface area contributed by atoms with E-state index in [0.29, 0.717) is 17.0 Å². The smallest absolute Gasteiger partial charge is 0.227 e. The van der Waals surface area contributed by atoms with Gasteiger partial charge in [0.15, 0.2) is 0 Å². The van der Waals surface area contributed by atoms with E-state index in [1.807, 2.05) is 18.2 Å². The molecule has 0 amide bonds. The van der Waals surface area contributed by atoms with Gasteiger partial charge in [-0.25, -0.2) is 9.97 Å². The van der Waals surface area contributed by atoms with Crippen LogP contribution in [0.4, 0.5) is 0 Å². The fourth-order valence-electron chi connectivity index (χ4n) is 2.08. The lowest BCUT2D eigenvalue weighted by Crippen LogP contribution is -2.00. The molecule has 0 aliphatic rings. The maximum absolute atomic E-state index is 6.15. The highest BCUT2D eigenvalue weighted by Crippen LogP contribution is 2.32. The van der Waals surface area contributed by atoms with Gasteiger partial charge in [0.2, 0.25) is 5.88 Å². The van der Waals surface area contributed by atoms with Crippen LogP contribution >= 0.6 is 11.6 Å². The van der Waals surface area contributed by atoms with E-state index < -0.39 is 0 Å². The van der Waals surface area contributed by atoms with Crippen molar-refractivity contribution in [1.29, 1.82) is 0 Å². The summed E-state index contributed by atoms with van der Waals surface area (Å²) in [5, 5.41) is 0.471. The summed E-state index contributed by atoms with van der Waals surface area (Å²) in [4.78, 5) is 8.27. The summed E-state index contributed by atoms with van der Waals surface area (Å²) in [6.07, 6.45) is 3.21. The normalized spacial score (nSPS) is 10.8. The first-order chi connectivity index (χ1) is 9.63. The van der Waals surface area contributed by atoms with E-state index in [-0.39, 0.29) is 0 Å². The van der Waals surface area contributed by atoms with Crippen LogP contribution in [0.5, 0.6) is 11.6 Å². The van der Waals surface area contributed by atoms with Crippen molar-refractivity contribution in [3.63, 3.8) is 0 Å². The van der Waals surface area contributed by atoms with Crippen molar-refractivity contribution in [3.8, 4) is 11.6 Å². The predicted molar refractivity (Wildman–Crippen MR) is 81.6 cm³/mol. The van der Waals surface area contributed by atoms with Crippen molar-refractivity contribution in [2.45, 2.75) is 39.5 Å². The molecular formula is C16H19ClN2O. The molecule has 0 atom stereocenters. The molecule has 0 saturated carbocycles. The number of para-hydroxylation sites is 1. The van der Waals surface area contributed by atoms with E-state index in [1.165, 1.54) is 6.33 Å². The second-order valence-electron chi connectivity index (χ2n) is 4.99. The van der Waals surface area contributed by atoms with E-state index in [0.717, 1.165) is 29.7 Å². The summed E-state index contributed by atoms with van der Waals surface area (Å²) in [6.45, 7) is 6.37. The number of aromatic nitrogens is 2. The molecule has 0 N–H and O–H groups in total. The lowest BCUT2D eigenvalue weighted by molar-refractivity contribution is 0.446. The first-order valence-corrected chi connectivity index (χ1v) is 7.27. The van der Waals surface area contributed by atoms with Crippen molar-refractivity contribution in [2.24, 2.45) is 0 Å². The molecule has 0 saturated heterocycles. The Morgan fingerprint density at radius 2 is 1.95 bits per heavy atom. The number of benzene rings is 1. The summed E-state index contributed by atoms with van der Waals surface area (Å²) in [6, 6.07) is 8.01. The minimum atomic E-state index is 0.387. The molecular weight excluding hydrogens is 272 g/mol. The third kappa shape index (κ3) is 3.28. The summed E-state index contributed by atoms with van der Waals surface area (Å²) < 4.78 is 6.00. The van der Waals surface area contributed by atoms with Crippen LogP contribution < -0.4 is 4.74 Å². The SMILES string of the molecule is CCCc1c(Cl)ncnc1Oc1ccccc1C(C)C. The Hall–Kier alpha value is -1.61. The van der Waals surface area contributed by atoms with Crippen LogP contribution in [0.3, 0.4) is 0 Å². The number of ether oxygens (including phenoxy) is 1. The third-order valence-corrected chi connectivity index (χ3v) is 3.43. The summed E-state index contributed by atoms with van der Waals surface area (Å²) in [5.41, 5.74) is 2.03. The van der Waals surface area contributed by atoms with Crippen molar-refractivity contribution in [1.82, 2.24) is 9.97 Å². The van der Waals surface area contributed by atoms with Crippen LogP contribution in [-0.2, 0) is 6.42 Å². The molecule has 0 fully saturated rings. The van der Waals surface area contributed by atoms with Crippen molar-refractivity contribution in [2.75, 3.05) is 0 Å². The Morgan fingerprint density at radius 1 is 1.20 bits per heavy atom. The molecule has 1 heterocycles. The van der Waals surface area contributed by atoms with Gasteiger partial charge in [-0.1, -0.05) is 57.0 Å². The van der Waals surface area contributed by atoms with E-state index in [9.17, 15) is 0 Å². The average Bonchev–Trinajstić information content (AvgIpc) is 2.43. The molecule has 0 radical (unpaired) electrons. The zero-order valence-electron chi connectivity index (χ0n) is 12.1.